The third-order valence-corrected chi connectivity index (χ3v) is 13.0. The van der Waals surface area contributed by atoms with Crippen molar-refractivity contribution in [2.24, 2.45) is 0 Å². The predicted molar refractivity (Wildman–Crippen MR) is 246 cm³/mol. The normalized spacial score (nSPS) is 12.3. The molecule has 5 heterocycles. The Morgan fingerprint density at radius 3 is 1.95 bits per heavy atom. The molecule has 0 aliphatic carbocycles. The molecular formula is C54H32N4OS. The third kappa shape index (κ3) is 4.95. The lowest BCUT2D eigenvalue weighted by atomic mass is 9.99. The van der Waals surface area contributed by atoms with E-state index in [0.717, 1.165) is 61.1 Å². The minimum atomic E-state index is 0.580. The quantitative estimate of drug-likeness (QED) is 0.174. The highest BCUT2D eigenvalue weighted by molar-refractivity contribution is 7.99. The van der Waals surface area contributed by atoms with Gasteiger partial charge in [-0.3, -0.25) is 9.13 Å². The van der Waals surface area contributed by atoms with Gasteiger partial charge in [-0.25, -0.2) is 4.98 Å². The van der Waals surface area contributed by atoms with E-state index in [1.807, 2.05) is 36.0 Å². The van der Waals surface area contributed by atoms with Crippen molar-refractivity contribution in [3.8, 4) is 56.3 Å². The van der Waals surface area contributed by atoms with Crippen molar-refractivity contribution in [3.05, 3.63) is 194 Å². The monoisotopic (exact) mass is 784 g/mol. The van der Waals surface area contributed by atoms with E-state index in [1.54, 1.807) is 0 Å². The van der Waals surface area contributed by atoms with Crippen LogP contribution in [0.3, 0.4) is 0 Å². The van der Waals surface area contributed by atoms with Gasteiger partial charge in [0, 0.05) is 48.2 Å². The SMILES string of the molecule is c1ccc(-c2cccc(-c3nc(-c4ccc(-c5ccc6c(c5)Sc5cccc7c8c9ccccc9n(-c9ccccc9)c8n-6c57)cc4)nc4oc5ccccc5c34)c2)cc1. The summed E-state index contributed by atoms with van der Waals surface area (Å²) in [6.45, 7) is 0. The number of rotatable bonds is 5. The number of hydrogen-bond donors (Lipinski definition) is 0. The maximum Gasteiger partial charge on any atom is 0.231 e. The topological polar surface area (TPSA) is 48.8 Å². The lowest BCUT2D eigenvalue weighted by Gasteiger charge is -2.22. The second-order valence-corrected chi connectivity index (χ2v) is 16.4. The van der Waals surface area contributed by atoms with Gasteiger partial charge >= 0.3 is 0 Å². The van der Waals surface area contributed by atoms with E-state index < -0.39 is 0 Å². The van der Waals surface area contributed by atoms with E-state index in [4.69, 9.17) is 14.4 Å². The largest absolute Gasteiger partial charge is 0.438 e. The number of hydrogen-bond acceptors (Lipinski definition) is 4. The molecule has 0 saturated heterocycles. The second kappa shape index (κ2) is 12.9. The third-order valence-electron chi connectivity index (χ3n) is 11.9. The van der Waals surface area contributed by atoms with Gasteiger partial charge < -0.3 is 4.42 Å². The maximum atomic E-state index is 6.40. The van der Waals surface area contributed by atoms with E-state index in [0.29, 0.717) is 11.5 Å². The Balaban J connectivity index is 0.926. The fourth-order valence-corrected chi connectivity index (χ4v) is 10.4. The standard InChI is InChI=1S/C54H32N4OS/c1-3-13-33(14-4-1)36-15-11-16-38(31-36)50-49-41-20-8-10-23-45(41)59-53(49)56-52(55-50)35-27-25-34(26-28-35)37-29-30-44-47(32-37)60-46-24-12-21-42-48-40-19-7-9-22-43(40)57(39-17-5-2-6-18-39)54(48)58(44)51(42)46/h1-32H. The van der Waals surface area contributed by atoms with Crippen molar-refractivity contribution in [2.45, 2.75) is 9.79 Å². The van der Waals surface area contributed by atoms with Gasteiger partial charge in [0.05, 0.1) is 27.8 Å². The molecule has 0 N–H and O–H groups in total. The average Bonchev–Trinajstić information content (AvgIpc) is 3.98. The van der Waals surface area contributed by atoms with Crippen molar-refractivity contribution in [1.29, 1.82) is 0 Å². The smallest absolute Gasteiger partial charge is 0.231 e. The summed E-state index contributed by atoms with van der Waals surface area (Å²) < 4.78 is 11.3. The molecule has 0 atom stereocenters. The number of fused-ring (bicyclic) bond motifs is 10. The van der Waals surface area contributed by atoms with Crippen LogP contribution in [0.15, 0.2) is 208 Å². The number of furan rings is 1. The van der Waals surface area contributed by atoms with E-state index in [-0.39, 0.29) is 0 Å². The van der Waals surface area contributed by atoms with Crippen LogP contribution in [0.1, 0.15) is 0 Å². The maximum absolute atomic E-state index is 6.40. The molecule has 60 heavy (non-hydrogen) atoms. The zero-order valence-electron chi connectivity index (χ0n) is 32.1. The zero-order valence-corrected chi connectivity index (χ0v) is 32.9. The highest BCUT2D eigenvalue weighted by Crippen LogP contribution is 2.50. The van der Waals surface area contributed by atoms with Crippen LogP contribution in [0.25, 0.3) is 111 Å². The molecular weight excluding hydrogens is 753 g/mol. The molecule has 0 unspecified atom stereocenters. The van der Waals surface area contributed by atoms with Gasteiger partial charge in [0.15, 0.2) is 5.82 Å². The van der Waals surface area contributed by atoms with E-state index in [9.17, 15) is 0 Å². The molecule has 1 aliphatic heterocycles. The molecule has 0 amide bonds. The van der Waals surface area contributed by atoms with E-state index in [1.165, 1.54) is 48.3 Å². The van der Waals surface area contributed by atoms with Crippen molar-refractivity contribution in [3.63, 3.8) is 0 Å². The molecule has 1 aliphatic rings. The second-order valence-electron chi connectivity index (χ2n) is 15.4. The highest BCUT2D eigenvalue weighted by Gasteiger charge is 2.28. The van der Waals surface area contributed by atoms with E-state index in [2.05, 4.69) is 179 Å². The van der Waals surface area contributed by atoms with Crippen LogP contribution in [0.5, 0.6) is 0 Å². The molecule has 8 aromatic carbocycles. The van der Waals surface area contributed by atoms with Crippen LogP contribution >= 0.6 is 11.8 Å². The molecule has 0 bridgehead atoms. The summed E-state index contributed by atoms with van der Waals surface area (Å²) in [4.78, 5) is 12.8. The number of nitrogens with zero attached hydrogens (tertiary/aromatic N) is 4. The van der Waals surface area contributed by atoms with Gasteiger partial charge in [0.2, 0.25) is 5.71 Å². The lowest BCUT2D eigenvalue weighted by molar-refractivity contribution is 0.653. The van der Waals surface area contributed by atoms with Gasteiger partial charge in [0.1, 0.15) is 11.2 Å². The van der Waals surface area contributed by atoms with Crippen LogP contribution in [0, 0.1) is 0 Å². The van der Waals surface area contributed by atoms with Crippen LogP contribution in [-0.4, -0.2) is 19.1 Å². The molecule has 4 aromatic heterocycles. The van der Waals surface area contributed by atoms with Crippen LogP contribution in [-0.2, 0) is 0 Å². The Bertz CT molecular complexity index is 3680. The minimum absolute atomic E-state index is 0.580. The first-order valence-corrected chi connectivity index (χ1v) is 21.0. The molecule has 0 radical (unpaired) electrons. The molecule has 0 saturated carbocycles. The van der Waals surface area contributed by atoms with Gasteiger partial charge in [-0.1, -0.05) is 157 Å². The van der Waals surface area contributed by atoms with Crippen molar-refractivity contribution in [1.82, 2.24) is 19.1 Å². The first-order valence-electron chi connectivity index (χ1n) is 20.2. The lowest BCUT2D eigenvalue weighted by Crippen LogP contribution is -2.05. The Labute approximate surface area is 348 Å². The van der Waals surface area contributed by atoms with E-state index >= 15 is 0 Å². The fourth-order valence-electron chi connectivity index (χ4n) is 9.25. The fraction of sp³-hybridized carbons (Fsp3) is 0. The van der Waals surface area contributed by atoms with Crippen LogP contribution in [0.2, 0.25) is 0 Å². The Kier molecular flexibility index (Phi) is 7.17. The van der Waals surface area contributed by atoms with Crippen molar-refractivity contribution in [2.75, 3.05) is 0 Å². The Morgan fingerprint density at radius 2 is 1.08 bits per heavy atom. The number of aromatic nitrogens is 4. The van der Waals surface area contributed by atoms with Crippen LogP contribution in [0.4, 0.5) is 0 Å². The highest BCUT2D eigenvalue weighted by atomic mass is 32.2. The molecule has 12 aromatic rings. The molecule has 6 heteroatoms. The van der Waals surface area contributed by atoms with Gasteiger partial charge in [-0.05, 0) is 70.8 Å². The molecule has 280 valence electrons. The summed E-state index contributed by atoms with van der Waals surface area (Å²) in [7, 11) is 0. The van der Waals surface area contributed by atoms with Gasteiger partial charge in [0.25, 0.3) is 0 Å². The Hall–Kier alpha value is -7.67. The molecule has 5 nitrogen and oxygen atoms in total. The summed E-state index contributed by atoms with van der Waals surface area (Å²) in [5.41, 5.74) is 14.8. The number of para-hydroxylation sites is 4. The summed E-state index contributed by atoms with van der Waals surface area (Å²) in [5.74, 6) is 0.625. The summed E-state index contributed by atoms with van der Waals surface area (Å²) >= 11 is 1.85. The summed E-state index contributed by atoms with van der Waals surface area (Å²) in [5, 5.41) is 5.76. The molecule has 0 fully saturated rings. The van der Waals surface area contributed by atoms with Crippen molar-refractivity contribution >= 4 is 66.7 Å². The van der Waals surface area contributed by atoms with Crippen molar-refractivity contribution < 1.29 is 4.42 Å². The Morgan fingerprint density at radius 1 is 0.433 bits per heavy atom. The first-order chi connectivity index (χ1) is 29.7. The molecule has 13 rings (SSSR count). The van der Waals surface area contributed by atoms with Gasteiger partial charge in [-0.15, -0.1) is 0 Å². The van der Waals surface area contributed by atoms with Gasteiger partial charge in [-0.2, -0.15) is 4.98 Å². The summed E-state index contributed by atoms with van der Waals surface area (Å²) in [6.07, 6.45) is 0. The van der Waals surface area contributed by atoms with Crippen LogP contribution < -0.4 is 0 Å². The summed E-state index contributed by atoms with van der Waals surface area (Å²) in [6, 6.07) is 68.9. The number of benzene rings is 8. The molecule has 0 spiro atoms. The first kappa shape index (κ1) is 33.3. The minimum Gasteiger partial charge on any atom is -0.438 e. The predicted octanol–water partition coefficient (Wildman–Crippen LogP) is 14.5. The zero-order chi connectivity index (χ0) is 39.3. The average molecular weight is 785 g/mol.